The topological polar surface area (TPSA) is 43.4 Å². The number of halogens is 1. The predicted molar refractivity (Wildman–Crippen MR) is 129 cm³/mol. The number of rotatable bonds is 22. The molecule has 178 valence electrons. The molecule has 0 aromatic carbocycles. The molecule has 0 amide bonds. The fourth-order valence-corrected chi connectivity index (χ4v) is 3.76. The van der Waals surface area contributed by atoms with Crippen LogP contribution in [0.1, 0.15) is 149 Å². The van der Waals surface area contributed by atoms with Crippen LogP contribution >= 0.6 is 11.6 Å². The molecule has 0 atom stereocenters. The number of esters is 1. The molecule has 0 spiro atoms. The molecule has 3 nitrogen and oxygen atoms in total. The molecule has 0 N–H and O–H groups in total. The molecule has 0 bridgehead atoms. The molecule has 0 saturated heterocycles. The SMILES string of the molecule is CCCCCCCCCCCCCCCCCCCCCC(=O)OC(C)(C)C(=O)Cl. The van der Waals surface area contributed by atoms with Gasteiger partial charge in [0.05, 0.1) is 0 Å². The van der Waals surface area contributed by atoms with Crippen LogP contribution < -0.4 is 0 Å². The third-order valence-electron chi connectivity index (χ3n) is 5.83. The lowest BCUT2D eigenvalue weighted by molar-refractivity contribution is -0.161. The van der Waals surface area contributed by atoms with Crippen molar-refractivity contribution in [1.29, 1.82) is 0 Å². The van der Waals surface area contributed by atoms with Crippen molar-refractivity contribution in [1.82, 2.24) is 0 Å². The van der Waals surface area contributed by atoms with Crippen molar-refractivity contribution in [3.8, 4) is 0 Å². The van der Waals surface area contributed by atoms with E-state index in [9.17, 15) is 9.59 Å². The number of hydrogen-bond donors (Lipinski definition) is 0. The molecule has 0 heterocycles. The van der Waals surface area contributed by atoms with E-state index in [4.69, 9.17) is 16.3 Å². The molecule has 0 aromatic heterocycles. The first-order chi connectivity index (χ1) is 14.4. The third-order valence-corrected chi connectivity index (χ3v) is 6.28. The van der Waals surface area contributed by atoms with E-state index in [1.54, 1.807) is 0 Å². The van der Waals surface area contributed by atoms with Crippen LogP contribution in [0.2, 0.25) is 0 Å². The second-order valence-corrected chi connectivity index (χ2v) is 9.72. The summed E-state index contributed by atoms with van der Waals surface area (Å²) in [5.74, 6) is -0.332. The van der Waals surface area contributed by atoms with Gasteiger partial charge in [-0.3, -0.25) is 9.59 Å². The van der Waals surface area contributed by atoms with Gasteiger partial charge in [0, 0.05) is 6.42 Å². The quantitative estimate of drug-likeness (QED) is 0.0950. The van der Waals surface area contributed by atoms with Crippen LogP contribution in [0, 0.1) is 0 Å². The summed E-state index contributed by atoms with van der Waals surface area (Å²) in [7, 11) is 0. The van der Waals surface area contributed by atoms with Gasteiger partial charge in [-0.15, -0.1) is 0 Å². The Kier molecular flexibility index (Phi) is 20.0. The minimum Gasteiger partial charge on any atom is -0.450 e. The van der Waals surface area contributed by atoms with Gasteiger partial charge in [0.1, 0.15) is 0 Å². The highest BCUT2D eigenvalue weighted by atomic mass is 35.5. The maximum atomic E-state index is 11.7. The van der Waals surface area contributed by atoms with E-state index in [0.717, 1.165) is 12.8 Å². The molecule has 30 heavy (non-hydrogen) atoms. The number of unbranched alkanes of at least 4 members (excludes halogenated alkanes) is 18. The second-order valence-electron chi connectivity index (χ2n) is 9.37. The van der Waals surface area contributed by atoms with Gasteiger partial charge in [-0.25, -0.2) is 0 Å². The minimum atomic E-state index is -1.22. The zero-order valence-electron chi connectivity index (χ0n) is 20.2. The predicted octanol–water partition coefficient (Wildman–Crippen LogP) is 8.90. The van der Waals surface area contributed by atoms with E-state index in [1.165, 1.54) is 123 Å². The molecule has 0 aliphatic carbocycles. The maximum absolute atomic E-state index is 11.7. The fourth-order valence-electron chi connectivity index (χ4n) is 3.72. The first-order valence-electron chi connectivity index (χ1n) is 12.8. The Labute approximate surface area is 192 Å². The van der Waals surface area contributed by atoms with Gasteiger partial charge in [0.25, 0.3) is 5.24 Å². The Hall–Kier alpha value is -0.570. The van der Waals surface area contributed by atoms with Crippen molar-refractivity contribution in [3.05, 3.63) is 0 Å². The molecule has 0 unspecified atom stereocenters. The Morgan fingerprint density at radius 3 is 1.20 bits per heavy atom. The standard InChI is InChI=1S/C26H49ClO3/c1-4-5-6-7-8-9-10-11-12-13-14-15-16-17-18-19-20-21-22-23-24(28)30-26(2,3)25(27)29/h4-23H2,1-3H3. The minimum absolute atomic E-state index is 0.332. The monoisotopic (exact) mass is 444 g/mol. The van der Waals surface area contributed by atoms with E-state index in [2.05, 4.69) is 6.92 Å². The van der Waals surface area contributed by atoms with Gasteiger partial charge in [-0.1, -0.05) is 122 Å². The molecule has 0 aliphatic heterocycles. The first-order valence-corrected chi connectivity index (χ1v) is 13.2. The molecular weight excluding hydrogens is 396 g/mol. The maximum Gasteiger partial charge on any atom is 0.306 e. The van der Waals surface area contributed by atoms with Gasteiger partial charge in [0.15, 0.2) is 5.60 Å². The van der Waals surface area contributed by atoms with Crippen molar-refractivity contribution in [2.45, 2.75) is 155 Å². The van der Waals surface area contributed by atoms with Crippen LogP contribution in [0.15, 0.2) is 0 Å². The van der Waals surface area contributed by atoms with Crippen molar-refractivity contribution in [3.63, 3.8) is 0 Å². The van der Waals surface area contributed by atoms with Gasteiger partial charge in [-0.2, -0.15) is 0 Å². The van der Waals surface area contributed by atoms with Crippen molar-refractivity contribution < 1.29 is 14.3 Å². The first kappa shape index (κ1) is 29.4. The van der Waals surface area contributed by atoms with Gasteiger partial charge in [-0.05, 0) is 31.9 Å². The highest BCUT2D eigenvalue weighted by Gasteiger charge is 2.29. The van der Waals surface area contributed by atoms with Crippen LogP contribution in [0.3, 0.4) is 0 Å². The Bertz CT molecular complexity index is 421. The summed E-state index contributed by atoms with van der Waals surface area (Å²) in [6.07, 6.45) is 25.7. The molecular formula is C26H49ClO3. The number of ether oxygens (including phenoxy) is 1. The van der Waals surface area contributed by atoms with Crippen LogP contribution in [-0.2, 0) is 14.3 Å². The average Bonchev–Trinajstić information content (AvgIpc) is 2.69. The molecule has 0 aliphatic rings. The lowest BCUT2D eigenvalue weighted by Gasteiger charge is -2.20. The summed E-state index contributed by atoms with van der Waals surface area (Å²) in [5, 5.41) is -0.635. The highest BCUT2D eigenvalue weighted by molar-refractivity contribution is 6.65. The van der Waals surface area contributed by atoms with Gasteiger partial charge >= 0.3 is 5.97 Å². The normalized spacial score (nSPS) is 11.6. The molecule has 0 fully saturated rings. The molecule has 0 aromatic rings. The summed E-state index contributed by atoms with van der Waals surface area (Å²) < 4.78 is 5.12. The molecule has 0 radical (unpaired) electrons. The summed E-state index contributed by atoms with van der Waals surface area (Å²) in [6, 6.07) is 0. The number of carbonyl (C=O) groups excluding carboxylic acids is 2. The van der Waals surface area contributed by atoms with Crippen molar-refractivity contribution in [2.75, 3.05) is 0 Å². The van der Waals surface area contributed by atoms with Gasteiger partial charge in [0.2, 0.25) is 0 Å². The van der Waals surface area contributed by atoms with Crippen LogP contribution in [0.4, 0.5) is 0 Å². The van der Waals surface area contributed by atoms with E-state index >= 15 is 0 Å². The Morgan fingerprint density at radius 1 is 0.600 bits per heavy atom. The van der Waals surface area contributed by atoms with Crippen LogP contribution in [0.5, 0.6) is 0 Å². The Balaban J connectivity index is 3.23. The number of hydrogen-bond acceptors (Lipinski definition) is 3. The van der Waals surface area contributed by atoms with Crippen molar-refractivity contribution >= 4 is 22.8 Å². The van der Waals surface area contributed by atoms with Crippen LogP contribution in [-0.4, -0.2) is 16.8 Å². The average molecular weight is 445 g/mol. The lowest BCUT2D eigenvalue weighted by atomic mass is 10.0. The highest BCUT2D eigenvalue weighted by Crippen LogP contribution is 2.17. The number of carbonyl (C=O) groups is 2. The summed E-state index contributed by atoms with van der Waals surface area (Å²) in [4.78, 5) is 22.9. The van der Waals surface area contributed by atoms with E-state index in [1.807, 2.05) is 0 Å². The molecule has 0 saturated carbocycles. The molecule has 4 heteroatoms. The smallest absolute Gasteiger partial charge is 0.306 e. The third kappa shape index (κ3) is 19.4. The van der Waals surface area contributed by atoms with Crippen molar-refractivity contribution in [2.24, 2.45) is 0 Å². The fraction of sp³-hybridized carbons (Fsp3) is 0.923. The zero-order valence-corrected chi connectivity index (χ0v) is 21.0. The summed E-state index contributed by atoms with van der Waals surface area (Å²) >= 11 is 5.41. The largest absolute Gasteiger partial charge is 0.450 e. The van der Waals surface area contributed by atoms with E-state index in [-0.39, 0.29) is 5.97 Å². The van der Waals surface area contributed by atoms with E-state index in [0.29, 0.717) is 6.42 Å². The van der Waals surface area contributed by atoms with E-state index < -0.39 is 10.8 Å². The molecule has 0 rings (SSSR count). The van der Waals surface area contributed by atoms with Gasteiger partial charge < -0.3 is 4.74 Å². The lowest BCUT2D eigenvalue weighted by Crippen LogP contribution is -2.34. The Morgan fingerprint density at radius 2 is 0.900 bits per heavy atom. The second kappa shape index (κ2) is 20.3. The zero-order chi connectivity index (χ0) is 22.5. The summed E-state index contributed by atoms with van der Waals surface area (Å²) in [6.45, 7) is 5.33. The summed E-state index contributed by atoms with van der Waals surface area (Å²) in [5.41, 5.74) is -1.22. The van der Waals surface area contributed by atoms with Crippen LogP contribution in [0.25, 0.3) is 0 Å².